The van der Waals surface area contributed by atoms with Gasteiger partial charge >= 0.3 is 35.0 Å². The minimum absolute atomic E-state index is 0. The summed E-state index contributed by atoms with van der Waals surface area (Å²) in [7, 11) is 1.30. The first-order valence-electron chi connectivity index (χ1n) is 24.8. The normalized spacial score (nSPS) is 19.8. The first kappa shape index (κ1) is 52.0. The summed E-state index contributed by atoms with van der Waals surface area (Å²) in [6.45, 7) is 17.0. The number of nitrogens with zero attached hydrogens (tertiary/aromatic N) is 4. The summed E-state index contributed by atoms with van der Waals surface area (Å²) in [4.78, 5) is 47.3. The molecule has 0 aromatic carbocycles. The van der Waals surface area contributed by atoms with Gasteiger partial charge in [-0.15, -0.1) is 16.8 Å². The minimum atomic E-state index is -1.21. The molecular weight excluding hydrogens is 821 g/mol. The van der Waals surface area contributed by atoms with Crippen molar-refractivity contribution in [3.8, 4) is 0 Å². The molecule has 1 aromatic rings. The van der Waals surface area contributed by atoms with Gasteiger partial charge in [0.25, 0.3) is 0 Å². The van der Waals surface area contributed by atoms with Gasteiger partial charge in [0.15, 0.2) is 0 Å². The number of methoxy groups -OCH3 is 1. The molecule has 3 unspecified atom stereocenters. The molecule has 0 amide bonds. The number of carbonyl (C=O) groups is 2. The largest absolute Gasteiger partial charge is 2.00 e. The van der Waals surface area contributed by atoms with Crippen LogP contribution < -0.4 is 20.7 Å². The molecule has 0 saturated carbocycles. The molecular formula is C55H74MgN4O5. The first-order chi connectivity index (χ1) is 31.0. The van der Waals surface area contributed by atoms with Crippen LogP contribution in [0, 0.1) is 24.7 Å². The number of carbonyl (C=O) groups excluding carboxylic acids is 2. The van der Waals surface area contributed by atoms with Crippen molar-refractivity contribution >= 4 is 69.5 Å². The second kappa shape index (κ2) is 25.2. The van der Waals surface area contributed by atoms with Crippen LogP contribution in [-0.2, 0) is 19.1 Å². The van der Waals surface area contributed by atoms with Gasteiger partial charge < -0.3 is 19.6 Å². The maximum atomic E-state index is 14.3. The van der Waals surface area contributed by atoms with Crippen LogP contribution in [0.25, 0.3) is 17.4 Å². The molecule has 4 aliphatic heterocycles. The number of unbranched alkanes of at least 4 members (excludes halogenated alkanes) is 17. The molecule has 65 heavy (non-hydrogen) atoms. The summed E-state index contributed by atoms with van der Waals surface area (Å²) in [5.41, 5.74) is 10.3. The number of rotatable bonds is 25. The van der Waals surface area contributed by atoms with Gasteiger partial charge in [-0.25, -0.2) is 9.98 Å². The van der Waals surface area contributed by atoms with Gasteiger partial charge in [0.05, 0.1) is 42.5 Å². The molecule has 1 aromatic heterocycles. The second-order valence-corrected chi connectivity index (χ2v) is 18.6. The second-order valence-electron chi connectivity index (χ2n) is 18.6. The molecule has 0 spiro atoms. The molecule has 3 atom stereocenters. The number of hydrogen-bond acceptors (Lipinski definition) is 8. The van der Waals surface area contributed by atoms with Crippen molar-refractivity contribution in [2.75, 3.05) is 13.7 Å². The fourth-order valence-electron chi connectivity index (χ4n) is 10.2. The molecule has 6 rings (SSSR count). The van der Waals surface area contributed by atoms with Gasteiger partial charge in [-0.2, -0.15) is 0 Å². The smallest absolute Gasteiger partial charge is 0.874 e. The zero-order valence-corrected chi connectivity index (χ0v) is 42.3. The Morgan fingerprint density at radius 3 is 1.92 bits per heavy atom. The number of fused-ring (bicyclic) bond motifs is 5. The van der Waals surface area contributed by atoms with E-state index >= 15 is 0 Å². The van der Waals surface area contributed by atoms with Crippen molar-refractivity contribution in [3.05, 3.63) is 86.0 Å². The van der Waals surface area contributed by atoms with Gasteiger partial charge in [-0.05, 0) is 79.7 Å². The summed E-state index contributed by atoms with van der Waals surface area (Å²) in [6.07, 6.45) is 32.7. The van der Waals surface area contributed by atoms with E-state index in [1.807, 2.05) is 38.2 Å². The van der Waals surface area contributed by atoms with Crippen LogP contribution in [0.4, 0.5) is 0 Å². The van der Waals surface area contributed by atoms with E-state index in [0.29, 0.717) is 46.1 Å². The summed E-state index contributed by atoms with van der Waals surface area (Å²) in [5.74, 6) is -2.91. The number of hydrogen-bond donors (Lipinski definition) is 0. The Balaban J connectivity index is 0.00000793. The predicted octanol–water partition coefficient (Wildman–Crippen LogP) is 10.3. The molecule has 1 aliphatic carbocycles. The molecule has 0 saturated heterocycles. The van der Waals surface area contributed by atoms with Crippen molar-refractivity contribution in [1.82, 2.24) is 4.98 Å². The number of aliphatic imine (C=N–C) groups is 3. The Morgan fingerprint density at radius 1 is 0.785 bits per heavy atom. The molecule has 5 heterocycles. The van der Waals surface area contributed by atoms with Crippen molar-refractivity contribution in [2.45, 2.75) is 176 Å². The zero-order chi connectivity index (χ0) is 45.8. The molecule has 0 fully saturated rings. The fraction of sp³-hybridized carbons (Fsp3) is 0.582. The van der Waals surface area contributed by atoms with Gasteiger partial charge in [0.1, 0.15) is 0 Å². The van der Waals surface area contributed by atoms with Crippen molar-refractivity contribution in [3.63, 3.8) is 0 Å². The predicted molar refractivity (Wildman–Crippen MR) is 266 cm³/mol. The minimum Gasteiger partial charge on any atom is -0.874 e. The van der Waals surface area contributed by atoms with E-state index in [1.165, 1.54) is 103 Å². The third-order valence-electron chi connectivity index (χ3n) is 14.2. The molecule has 8 bridgehead atoms. The Labute approximate surface area is 405 Å². The number of allylic oxidation sites excluding steroid dienone is 7. The number of esters is 2. The monoisotopic (exact) mass is 895 g/mol. The fourth-order valence-corrected chi connectivity index (χ4v) is 10.2. The molecule has 5 aliphatic rings. The van der Waals surface area contributed by atoms with E-state index in [0.717, 1.165) is 76.5 Å². The van der Waals surface area contributed by atoms with E-state index < -0.39 is 11.9 Å². The van der Waals surface area contributed by atoms with Gasteiger partial charge in [0, 0.05) is 35.2 Å². The van der Waals surface area contributed by atoms with Crippen LogP contribution in [0.3, 0.4) is 0 Å². The van der Waals surface area contributed by atoms with Crippen LogP contribution >= 0.6 is 0 Å². The SMILES string of the molecule is C=CC1=C(C)C2=NC1=CC1=NC(=Cc3[n-]c4c(c3C)=C([O-])C(C(=O)OC)C=4C3=NC(=C2)C(C)C3CCC(=O)OCCCCCCCCCCCCCCCCCCCC)C(CC)=C1C.[Mg+2]. The first-order valence-corrected chi connectivity index (χ1v) is 24.8. The topological polar surface area (TPSA) is 127 Å². The van der Waals surface area contributed by atoms with Crippen LogP contribution in [-0.4, -0.2) is 65.8 Å². The van der Waals surface area contributed by atoms with E-state index in [1.54, 1.807) is 0 Å². The zero-order valence-electron chi connectivity index (χ0n) is 40.8. The molecule has 9 nitrogen and oxygen atoms in total. The standard InChI is InChI=1S/C55H75N4O5.Mg/c1-9-12-13-14-15-16-17-18-19-20-21-22-23-24-25-26-27-28-31-64-48(60)30-29-41-37(6)44-32-42-35(4)39(10-2)46(56-42)33-43-36(5)40(11-3)47(57-43)34-45-38(7)49-53(59-45)50(52(41)58-44)51(54(49)61)55(62)63-8;/h10,32-34,37,41,51H,2,9,11-31H2,1,3-8H3,(H-,56,57,58,59,61);/q-1;+2/p-1. The van der Waals surface area contributed by atoms with E-state index in [-0.39, 0.29) is 53.0 Å². The summed E-state index contributed by atoms with van der Waals surface area (Å²) >= 11 is 0. The Kier molecular flexibility index (Phi) is 20.1. The Bertz CT molecular complexity index is 2310. The van der Waals surface area contributed by atoms with Crippen molar-refractivity contribution < 1.29 is 24.2 Å². The molecule has 0 radical (unpaired) electrons. The maximum absolute atomic E-state index is 14.3. The summed E-state index contributed by atoms with van der Waals surface area (Å²) in [5, 5.41) is 15.2. The Morgan fingerprint density at radius 2 is 1.35 bits per heavy atom. The van der Waals surface area contributed by atoms with Gasteiger partial charge in [0.2, 0.25) is 0 Å². The van der Waals surface area contributed by atoms with Crippen LogP contribution in [0.15, 0.2) is 79.2 Å². The number of aromatic nitrogens is 1. The van der Waals surface area contributed by atoms with Gasteiger partial charge in [-0.1, -0.05) is 154 Å². The Hall–Kier alpha value is -4.02. The molecule has 10 heteroatoms. The van der Waals surface area contributed by atoms with E-state index in [2.05, 4.69) is 34.3 Å². The third-order valence-corrected chi connectivity index (χ3v) is 14.2. The average Bonchev–Trinajstić information content (AvgIpc) is 4.03. The van der Waals surface area contributed by atoms with E-state index in [9.17, 15) is 14.7 Å². The molecule has 0 N–H and O–H groups in total. The average molecular weight is 896 g/mol. The summed E-state index contributed by atoms with van der Waals surface area (Å²) in [6, 6.07) is 0. The van der Waals surface area contributed by atoms with Gasteiger partial charge in [-0.3, -0.25) is 14.6 Å². The molecule has 346 valence electrons. The summed E-state index contributed by atoms with van der Waals surface area (Å²) < 4.78 is 11.0. The number of ether oxygens (including phenoxy) is 2. The van der Waals surface area contributed by atoms with Crippen LogP contribution in [0.1, 0.15) is 181 Å². The van der Waals surface area contributed by atoms with Crippen molar-refractivity contribution in [2.24, 2.45) is 32.7 Å². The van der Waals surface area contributed by atoms with Crippen LogP contribution in [0.2, 0.25) is 0 Å². The van der Waals surface area contributed by atoms with E-state index in [4.69, 9.17) is 29.4 Å². The van der Waals surface area contributed by atoms with Crippen LogP contribution in [0.5, 0.6) is 0 Å². The maximum Gasteiger partial charge on any atom is 2.00 e. The van der Waals surface area contributed by atoms with Crippen molar-refractivity contribution in [1.29, 1.82) is 0 Å². The quantitative estimate of drug-likeness (QED) is 0.0546. The third kappa shape index (κ3) is 12.3.